The molecule has 7 heteroatoms. The quantitative estimate of drug-likeness (QED) is 0.386. The first-order valence-corrected chi connectivity index (χ1v) is 8.79. The van der Waals surface area contributed by atoms with Crippen LogP contribution in [0.2, 0.25) is 0 Å². The van der Waals surface area contributed by atoms with Gasteiger partial charge in [0.05, 0.1) is 22.8 Å². The summed E-state index contributed by atoms with van der Waals surface area (Å²) in [5.74, 6) is 0.0245. The van der Waals surface area contributed by atoms with Crippen molar-refractivity contribution in [1.29, 1.82) is 0 Å². The summed E-state index contributed by atoms with van der Waals surface area (Å²) >= 11 is 0. The number of hydrogen-bond acceptors (Lipinski definition) is 5. The SMILES string of the molecule is O=[N+]([O-])c1ccc(O)c(CN(Cc2ccccn2)c2c[nH]c3ccccc23)c1. The molecule has 2 N–H and O–H groups in total. The van der Waals surface area contributed by atoms with E-state index >= 15 is 0 Å². The van der Waals surface area contributed by atoms with Crippen LogP contribution in [0.25, 0.3) is 10.9 Å². The molecule has 0 fully saturated rings. The second-order valence-corrected chi connectivity index (χ2v) is 6.47. The third kappa shape index (κ3) is 3.50. The van der Waals surface area contributed by atoms with Gasteiger partial charge in [-0.2, -0.15) is 0 Å². The number of anilines is 1. The molecule has 0 amide bonds. The molecule has 0 bridgehead atoms. The van der Waals surface area contributed by atoms with Crippen molar-refractivity contribution in [2.75, 3.05) is 4.90 Å². The fourth-order valence-electron chi connectivity index (χ4n) is 3.25. The van der Waals surface area contributed by atoms with Crippen LogP contribution in [0.4, 0.5) is 11.4 Å². The number of H-pyrrole nitrogens is 1. The number of nitro groups is 1. The Kier molecular flexibility index (Phi) is 4.63. The zero-order valence-electron chi connectivity index (χ0n) is 14.9. The maximum atomic E-state index is 11.1. The number of phenolic OH excluding ortho intramolecular Hbond substituents is 1. The zero-order chi connectivity index (χ0) is 19.5. The Labute approximate surface area is 161 Å². The molecule has 2 heterocycles. The van der Waals surface area contributed by atoms with Crippen molar-refractivity contribution in [3.05, 3.63) is 94.4 Å². The molecule has 0 saturated heterocycles. The highest BCUT2D eigenvalue weighted by Crippen LogP contribution is 2.31. The number of benzene rings is 2. The number of aromatic amines is 1. The Bertz CT molecular complexity index is 1120. The summed E-state index contributed by atoms with van der Waals surface area (Å²) in [4.78, 5) is 20.4. The number of aromatic nitrogens is 2. The van der Waals surface area contributed by atoms with Gasteiger partial charge in [0.25, 0.3) is 5.69 Å². The highest BCUT2D eigenvalue weighted by atomic mass is 16.6. The molecule has 0 aliphatic heterocycles. The summed E-state index contributed by atoms with van der Waals surface area (Å²) in [6.07, 6.45) is 3.63. The summed E-state index contributed by atoms with van der Waals surface area (Å²) in [7, 11) is 0. The number of nitrogens with zero attached hydrogens (tertiary/aromatic N) is 3. The lowest BCUT2D eigenvalue weighted by atomic mass is 10.1. The molecule has 140 valence electrons. The summed E-state index contributed by atoms with van der Waals surface area (Å²) in [5, 5.41) is 22.4. The minimum Gasteiger partial charge on any atom is -0.508 e. The summed E-state index contributed by atoms with van der Waals surface area (Å²) < 4.78 is 0. The molecular formula is C21H18N4O3. The topological polar surface area (TPSA) is 95.3 Å². The van der Waals surface area contributed by atoms with Crippen LogP contribution in [0.1, 0.15) is 11.3 Å². The molecular weight excluding hydrogens is 356 g/mol. The number of para-hydroxylation sites is 1. The monoisotopic (exact) mass is 374 g/mol. The van der Waals surface area contributed by atoms with E-state index < -0.39 is 4.92 Å². The minimum absolute atomic E-state index is 0.0245. The van der Waals surface area contributed by atoms with Gasteiger partial charge >= 0.3 is 0 Å². The Balaban J connectivity index is 1.75. The molecule has 2 aromatic heterocycles. The maximum absolute atomic E-state index is 11.1. The second-order valence-electron chi connectivity index (χ2n) is 6.47. The number of fused-ring (bicyclic) bond motifs is 1. The summed E-state index contributed by atoms with van der Waals surface area (Å²) in [6, 6.07) is 17.7. The van der Waals surface area contributed by atoms with Crippen molar-refractivity contribution in [3.63, 3.8) is 0 Å². The van der Waals surface area contributed by atoms with E-state index in [1.165, 1.54) is 18.2 Å². The van der Waals surface area contributed by atoms with Gasteiger partial charge in [-0.3, -0.25) is 15.1 Å². The van der Waals surface area contributed by atoms with Crippen molar-refractivity contribution in [2.45, 2.75) is 13.1 Å². The number of aromatic hydroxyl groups is 1. The van der Waals surface area contributed by atoms with Crippen LogP contribution in [-0.4, -0.2) is 20.0 Å². The molecule has 0 spiro atoms. The average molecular weight is 374 g/mol. The van der Waals surface area contributed by atoms with Crippen molar-refractivity contribution < 1.29 is 10.0 Å². The lowest BCUT2D eigenvalue weighted by Gasteiger charge is -2.24. The Morgan fingerprint density at radius 2 is 1.89 bits per heavy atom. The smallest absolute Gasteiger partial charge is 0.270 e. The van der Waals surface area contributed by atoms with Gasteiger partial charge in [-0.25, -0.2) is 0 Å². The molecule has 28 heavy (non-hydrogen) atoms. The maximum Gasteiger partial charge on any atom is 0.270 e. The lowest BCUT2D eigenvalue weighted by Crippen LogP contribution is -2.22. The van der Waals surface area contributed by atoms with Crippen LogP contribution in [0.5, 0.6) is 5.75 Å². The van der Waals surface area contributed by atoms with Crippen LogP contribution in [-0.2, 0) is 13.1 Å². The zero-order valence-corrected chi connectivity index (χ0v) is 14.9. The molecule has 4 rings (SSSR count). The number of hydrogen-bond donors (Lipinski definition) is 2. The molecule has 4 aromatic rings. The van der Waals surface area contributed by atoms with Gasteiger partial charge in [0.1, 0.15) is 5.75 Å². The predicted molar refractivity (Wildman–Crippen MR) is 107 cm³/mol. The first-order chi connectivity index (χ1) is 13.6. The Morgan fingerprint density at radius 1 is 1.07 bits per heavy atom. The largest absolute Gasteiger partial charge is 0.508 e. The normalized spacial score (nSPS) is 10.9. The molecule has 0 aliphatic rings. The highest BCUT2D eigenvalue weighted by molar-refractivity contribution is 5.92. The third-order valence-electron chi connectivity index (χ3n) is 4.62. The van der Waals surface area contributed by atoms with Crippen LogP contribution in [0.3, 0.4) is 0 Å². The first kappa shape index (κ1) is 17.5. The lowest BCUT2D eigenvalue weighted by molar-refractivity contribution is -0.384. The molecule has 0 radical (unpaired) electrons. The van der Waals surface area contributed by atoms with E-state index in [1.54, 1.807) is 6.20 Å². The predicted octanol–water partition coefficient (Wildman–Crippen LogP) is 4.38. The number of nitrogens with one attached hydrogen (secondary N) is 1. The standard InChI is InChI=1S/C21H18N4O3/c26-21-9-8-17(25(27)28)11-15(21)13-24(14-16-5-3-4-10-22-16)20-12-23-19-7-2-1-6-18(19)20/h1-12,23,26H,13-14H2. The summed E-state index contributed by atoms with van der Waals surface area (Å²) in [5.41, 5.74) is 3.22. The molecule has 0 unspecified atom stereocenters. The van der Waals surface area contributed by atoms with Gasteiger partial charge < -0.3 is 15.0 Å². The van der Waals surface area contributed by atoms with Crippen LogP contribution in [0, 0.1) is 10.1 Å². The Morgan fingerprint density at radius 3 is 2.68 bits per heavy atom. The molecule has 0 aliphatic carbocycles. The van der Waals surface area contributed by atoms with E-state index in [0.29, 0.717) is 18.7 Å². The average Bonchev–Trinajstić information content (AvgIpc) is 3.14. The highest BCUT2D eigenvalue weighted by Gasteiger charge is 2.17. The fourth-order valence-corrected chi connectivity index (χ4v) is 3.25. The molecule has 0 atom stereocenters. The Hall–Kier alpha value is -3.87. The van der Waals surface area contributed by atoms with E-state index in [-0.39, 0.29) is 11.4 Å². The second kappa shape index (κ2) is 7.40. The van der Waals surface area contributed by atoms with Crippen LogP contribution >= 0.6 is 0 Å². The van der Waals surface area contributed by atoms with Gasteiger partial charge in [0.15, 0.2) is 0 Å². The van der Waals surface area contributed by atoms with E-state index in [9.17, 15) is 15.2 Å². The number of nitro benzene ring substituents is 1. The van der Waals surface area contributed by atoms with Gasteiger partial charge in [-0.1, -0.05) is 24.3 Å². The van der Waals surface area contributed by atoms with Gasteiger partial charge in [-0.15, -0.1) is 0 Å². The number of pyridine rings is 1. The number of rotatable bonds is 6. The molecule has 2 aromatic carbocycles. The van der Waals surface area contributed by atoms with Crippen LogP contribution < -0.4 is 4.90 Å². The van der Waals surface area contributed by atoms with Crippen molar-refractivity contribution in [2.24, 2.45) is 0 Å². The van der Waals surface area contributed by atoms with E-state index in [1.807, 2.05) is 53.6 Å². The van der Waals surface area contributed by atoms with Crippen molar-refractivity contribution >= 4 is 22.3 Å². The van der Waals surface area contributed by atoms with Crippen molar-refractivity contribution in [1.82, 2.24) is 9.97 Å². The number of phenols is 1. The van der Waals surface area contributed by atoms with E-state index in [2.05, 4.69) is 9.97 Å². The fraction of sp³-hybridized carbons (Fsp3) is 0.0952. The van der Waals surface area contributed by atoms with E-state index in [4.69, 9.17) is 0 Å². The minimum atomic E-state index is -0.461. The molecule has 7 nitrogen and oxygen atoms in total. The molecule has 0 saturated carbocycles. The van der Waals surface area contributed by atoms with Gasteiger partial charge in [0, 0.05) is 47.5 Å². The van der Waals surface area contributed by atoms with Crippen LogP contribution in [0.15, 0.2) is 73.1 Å². The first-order valence-electron chi connectivity index (χ1n) is 8.79. The van der Waals surface area contributed by atoms with Gasteiger partial charge in [0.2, 0.25) is 0 Å². The number of non-ortho nitro benzene ring substituents is 1. The van der Waals surface area contributed by atoms with Crippen molar-refractivity contribution in [3.8, 4) is 5.75 Å². The third-order valence-corrected chi connectivity index (χ3v) is 4.62. The van der Waals surface area contributed by atoms with Gasteiger partial charge in [-0.05, 0) is 24.3 Å². The summed E-state index contributed by atoms with van der Waals surface area (Å²) in [6.45, 7) is 0.788. The van der Waals surface area contributed by atoms with E-state index in [0.717, 1.165) is 22.3 Å².